The number of rotatable bonds is 1. The molecule has 4 heteroatoms. The fourth-order valence-corrected chi connectivity index (χ4v) is 0.921. The molecular weight excluding hydrogens is 130 g/mol. The van der Waals surface area contributed by atoms with Crippen LogP contribution < -0.4 is 4.90 Å². The summed E-state index contributed by atoms with van der Waals surface area (Å²) in [5.74, 6) is 0.641. The third-order valence-corrected chi connectivity index (χ3v) is 1.64. The van der Waals surface area contributed by atoms with E-state index in [1.165, 1.54) is 6.42 Å². The van der Waals surface area contributed by atoms with Crippen molar-refractivity contribution >= 4 is 6.01 Å². The van der Waals surface area contributed by atoms with E-state index >= 15 is 0 Å². The van der Waals surface area contributed by atoms with Crippen molar-refractivity contribution < 1.29 is 4.42 Å². The Labute approximate surface area is 58.8 Å². The summed E-state index contributed by atoms with van der Waals surface area (Å²) >= 11 is 0. The molecule has 0 atom stereocenters. The summed E-state index contributed by atoms with van der Waals surface area (Å²) < 4.78 is 5.19. The Morgan fingerprint density at radius 1 is 1.40 bits per heavy atom. The van der Waals surface area contributed by atoms with Gasteiger partial charge in [-0.25, -0.2) is 0 Å². The van der Waals surface area contributed by atoms with Gasteiger partial charge < -0.3 is 9.32 Å². The fraction of sp³-hybridized carbons (Fsp3) is 0.667. The quantitative estimate of drug-likeness (QED) is 0.571. The Morgan fingerprint density at radius 3 is 2.60 bits per heavy atom. The molecule has 0 saturated carbocycles. The molecule has 1 fully saturated rings. The van der Waals surface area contributed by atoms with Crippen LogP contribution in [-0.4, -0.2) is 23.3 Å². The molecule has 1 aromatic rings. The molecule has 54 valence electrons. The average Bonchev–Trinajstić information content (AvgIpc) is 2.10. The Hall–Kier alpha value is -1.06. The smallest absolute Gasteiger partial charge is 0.318 e. The van der Waals surface area contributed by atoms with Gasteiger partial charge in [0, 0.05) is 20.0 Å². The number of nitrogens with zero attached hydrogens (tertiary/aromatic N) is 3. The number of anilines is 1. The molecule has 2 heterocycles. The van der Waals surface area contributed by atoms with E-state index in [1.54, 1.807) is 6.92 Å². The summed E-state index contributed by atoms with van der Waals surface area (Å²) in [6.45, 7) is 3.92. The minimum atomic E-state index is 0.641. The van der Waals surface area contributed by atoms with Gasteiger partial charge in [-0.3, -0.25) is 0 Å². The summed E-state index contributed by atoms with van der Waals surface area (Å²) in [5.41, 5.74) is 0. The second kappa shape index (κ2) is 1.97. The summed E-state index contributed by atoms with van der Waals surface area (Å²) in [6, 6.07) is 0.670. The maximum atomic E-state index is 5.19. The second-order valence-electron chi connectivity index (χ2n) is 2.44. The molecular formula is C6H9N3O. The van der Waals surface area contributed by atoms with Gasteiger partial charge >= 0.3 is 6.01 Å². The average molecular weight is 139 g/mol. The van der Waals surface area contributed by atoms with Crippen LogP contribution in [0.1, 0.15) is 12.3 Å². The van der Waals surface area contributed by atoms with Crippen LogP contribution in [0.3, 0.4) is 0 Å². The molecule has 0 aliphatic carbocycles. The molecule has 0 amide bonds. The third-order valence-electron chi connectivity index (χ3n) is 1.64. The lowest BCUT2D eigenvalue weighted by Crippen LogP contribution is -2.37. The van der Waals surface area contributed by atoms with Gasteiger partial charge in [0.1, 0.15) is 0 Å². The molecule has 1 aliphatic heterocycles. The largest absolute Gasteiger partial charge is 0.408 e. The number of hydrogen-bond acceptors (Lipinski definition) is 4. The molecule has 0 N–H and O–H groups in total. The van der Waals surface area contributed by atoms with Crippen molar-refractivity contribution in [3.63, 3.8) is 0 Å². The highest BCUT2D eigenvalue weighted by Crippen LogP contribution is 2.17. The Bertz CT molecular complexity index is 229. The molecule has 10 heavy (non-hydrogen) atoms. The SMILES string of the molecule is Cc1nnc(N2CCC2)o1. The van der Waals surface area contributed by atoms with Crippen molar-refractivity contribution in [3.8, 4) is 0 Å². The highest BCUT2D eigenvalue weighted by Gasteiger charge is 2.18. The number of aromatic nitrogens is 2. The summed E-state index contributed by atoms with van der Waals surface area (Å²) in [7, 11) is 0. The maximum absolute atomic E-state index is 5.19. The topological polar surface area (TPSA) is 42.2 Å². The first-order chi connectivity index (χ1) is 4.86. The van der Waals surface area contributed by atoms with Crippen LogP contribution >= 0.6 is 0 Å². The van der Waals surface area contributed by atoms with Gasteiger partial charge in [-0.2, -0.15) is 0 Å². The van der Waals surface area contributed by atoms with Crippen molar-refractivity contribution in [3.05, 3.63) is 5.89 Å². The van der Waals surface area contributed by atoms with Gasteiger partial charge in [0.25, 0.3) is 0 Å². The van der Waals surface area contributed by atoms with E-state index in [-0.39, 0.29) is 0 Å². The monoisotopic (exact) mass is 139 g/mol. The highest BCUT2D eigenvalue weighted by molar-refractivity contribution is 5.27. The van der Waals surface area contributed by atoms with E-state index in [2.05, 4.69) is 15.1 Å². The Balaban J connectivity index is 2.17. The van der Waals surface area contributed by atoms with E-state index < -0.39 is 0 Å². The maximum Gasteiger partial charge on any atom is 0.318 e. The predicted molar refractivity (Wildman–Crippen MR) is 35.9 cm³/mol. The second-order valence-corrected chi connectivity index (χ2v) is 2.44. The molecule has 0 aromatic carbocycles. The molecule has 2 rings (SSSR count). The predicted octanol–water partition coefficient (Wildman–Crippen LogP) is 0.588. The normalized spacial score (nSPS) is 17.1. The van der Waals surface area contributed by atoms with Crippen molar-refractivity contribution in [2.75, 3.05) is 18.0 Å². The molecule has 0 spiro atoms. The molecule has 0 unspecified atom stereocenters. The summed E-state index contributed by atoms with van der Waals surface area (Å²) in [4.78, 5) is 2.07. The van der Waals surface area contributed by atoms with Crippen LogP contribution in [0.15, 0.2) is 4.42 Å². The number of aryl methyl sites for hydroxylation is 1. The van der Waals surface area contributed by atoms with Gasteiger partial charge in [-0.15, -0.1) is 5.10 Å². The van der Waals surface area contributed by atoms with Gasteiger partial charge in [-0.05, 0) is 6.42 Å². The van der Waals surface area contributed by atoms with E-state index in [1.807, 2.05) is 0 Å². The van der Waals surface area contributed by atoms with E-state index in [4.69, 9.17) is 4.42 Å². The fourth-order valence-electron chi connectivity index (χ4n) is 0.921. The van der Waals surface area contributed by atoms with Gasteiger partial charge in [0.15, 0.2) is 0 Å². The summed E-state index contributed by atoms with van der Waals surface area (Å²) in [5, 5.41) is 7.61. The lowest BCUT2D eigenvalue weighted by atomic mass is 10.2. The molecule has 4 nitrogen and oxygen atoms in total. The van der Waals surface area contributed by atoms with Crippen molar-refractivity contribution in [1.29, 1.82) is 0 Å². The van der Waals surface area contributed by atoms with E-state index in [0.29, 0.717) is 11.9 Å². The zero-order valence-electron chi connectivity index (χ0n) is 5.87. The number of hydrogen-bond donors (Lipinski definition) is 0. The van der Waals surface area contributed by atoms with Gasteiger partial charge in [0.05, 0.1) is 0 Å². The van der Waals surface area contributed by atoms with Crippen LogP contribution in [-0.2, 0) is 0 Å². The van der Waals surface area contributed by atoms with Crippen LogP contribution in [0, 0.1) is 6.92 Å². The van der Waals surface area contributed by atoms with Crippen LogP contribution in [0.2, 0.25) is 0 Å². The van der Waals surface area contributed by atoms with Crippen LogP contribution in [0.5, 0.6) is 0 Å². The standard InChI is InChI=1S/C6H9N3O/c1-5-7-8-6(10-5)9-3-2-4-9/h2-4H2,1H3. The minimum Gasteiger partial charge on any atom is -0.408 e. The molecule has 1 saturated heterocycles. The highest BCUT2D eigenvalue weighted by atomic mass is 16.4. The molecule has 1 aliphatic rings. The summed E-state index contributed by atoms with van der Waals surface area (Å²) in [6.07, 6.45) is 1.24. The first-order valence-corrected chi connectivity index (χ1v) is 3.41. The molecule has 1 aromatic heterocycles. The van der Waals surface area contributed by atoms with Crippen molar-refractivity contribution in [2.45, 2.75) is 13.3 Å². The first-order valence-electron chi connectivity index (χ1n) is 3.41. The first kappa shape index (κ1) is 5.70. The zero-order valence-corrected chi connectivity index (χ0v) is 5.87. The lowest BCUT2D eigenvalue weighted by Gasteiger charge is -2.28. The lowest BCUT2D eigenvalue weighted by molar-refractivity contribution is 0.471. The van der Waals surface area contributed by atoms with Crippen LogP contribution in [0.4, 0.5) is 6.01 Å². The van der Waals surface area contributed by atoms with E-state index in [9.17, 15) is 0 Å². The zero-order chi connectivity index (χ0) is 6.97. The van der Waals surface area contributed by atoms with Gasteiger partial charge in [0.2, 0.25) is 5.89 Å². The van der Waals surface area contributed by atoms with Crippen LogP contribution in [0.25, 0.3) is 0 Å². The Morgan fingerprint density at radius 2 is 2.20 bits per heavy atom. The minimum absolute atomic E-state index is 0.641. The van der Waals surface area contributed by atoms with Gasteiger partial charge in [-0.1, -0.05) is 5.10 Å². The van der Waals surface area contributed by atoms with Crippen molar-refractivity contribution in [1.82, 2.24) is 10.2 Å². The molecule has 0 radical (unpaired) electrons. The Kier molecular flexibility index (Phi) is 1.12. The molecule has 0 bridgehead atoms. The third kappa shape index (κ3) is 0.761. The van der Waals surface area contributed by atoms with E-state index in [0.717, 1.165) is 13.1 Å². The van der Waals surface area contributed by atoms with Crippen molar-refractivity contribution in [2.24, 2.45) is 0 Å².